The molecular formula is C20H19ClN2O. The Labute approximate surface area is 146 Å². The quantitative estimate of drug-likeness (QED) is 0.623. The lowest BCUT2D eigenvalue weighted by molar-refractivity contribution is 0.248. The maximum Gasteiger partial charge on any atom is 0.319 e. The van der Waals surface area contributed by atoms with Gasteiger partial charge in [0.1, 0.15) is 0 Å². The Morgan fingerprint density at radius 2 is 1.71 bits per heavy atom. The lowest BCUT2D eigenvalue weighted by Crippen LogP contribution is -2.32. The summed E-state index contributed by atoms with van der Waals surface area (Å²) < 4.78 is 0. The van der Waals surface area contributed by atoms with Gasteiger partial charge < -0.3 is 10.6 Å². The van der Waals surface area contributed by atoms with Gasteiger partial charge in [0, 0.05) is 10.4 Å². The Balaban J connectivity index is 1.75. The topological polar surface area (TPSA) is 41.1 Å². The summed E-state index contributed by atoms with van der Waals surface area (Å²) in [5.74, 6) is 0. The zero-order valence-electron chi connectivity index (χ0n) is 13.4. The molecule has 3 rings (SSSR count). The van der Waals surface area contributed by atoms with E-state index in [4.69, 9.17) is 11.6 Å². The molecule has 2 amide bonds. The van der Waals surface area contributed by atoms with Gasteiger partial charge in [-0.15, -0.1) is 0 Å². The van der Waals surface area contributed by atoms with Crippen molar-refractivity contribution in [3.05, 3.63) is 77.3 Å². The molecule has 4 heteroatoms. The van der Waals surface area contributed by atoms with Gasteiger partial charge in [0.25, 0.3) is 0 Å². The smallest absolute Gasteiger partial charge is 0.319 e. The Hall–Kier alpha value is -2.52. The number of carbonyl (C=O) groups is 1. The minimum Gasteiger partial charge on any atom is -0.331 e. The average Bonchev–Trinajstić information content (AvgIpc) is 2.61. The highest BCUT2D eigenvalue weighted by Gasteiger charge is 2.13. The molecule has 0 aliphatic heterocycles. The van der Waals surface area contributed by atoms with Crippen LogP contribution in [0.25, 0.3) is 10.8 Å². The minimum absolute atomic E-state index is 0.0581. The van der Waals surface area contributed by atoms with E-state index in [-0.39, 0.29) is 12.1 Å². The van der Waals surface area contributed by atoms with Crippen molar-refractivity contribution >= 4 is 34.1 Å². The fourth-order valence-electron chi connectivity index (χ4n) is 2.77. The summed E-state index contributed by atoms with van der Waals surface area (Å²) in [6, 6.07) is 21.1. The van der Waals surface area contributed by atoms with E-state index in [1.807, 2.05) is 73.7 Å². The van der Waals surface area contributed by atoms with Crippen LogP contribution in [0.5, 0.6) is 0 Å². The molecule has 0 bridgehead atoms. The lowest BCUT2D eigenvalue weighted by atomic mass is 10.1. The number of benzene rings is 3. The van der Waals surface area contributed by atoms with Crippen molar-refractivity contribution in [1.29, 1.82) is 0 Å². The van der Waals surface area contributed by atoms with E-state index in [0.717, 1.165) is 28.4 Å². The molecule has 0 saturated heterocycles. The van der Waals surface area contributed by atoms with Crippen molar-refractivity contribution in [2.45, 2.75) is 19.4 Å². The average molecular weight is 339 g/mol. The molecule has 1 unspecified atom stereocenters. The summed E-state index contributed by atoms with van der Waals surface area (Å²) in [4.78, 5) is 12.4. The summed E-state index contributed by atoms with van der Waals surface area (Å²) in [7, 11) is 0. The molecule has 0 fully saturated rings. The fraction of sp³-hybridized carbons (Fsp3) is 0.150. The van der Waals surface area contributed by atoms with Crippen molar-refractivity contribution in [3.8, 4) is 0 Å². The first-order chi connectivity index (χ1) is 11.7. The van der Waals surface area contributed by atoms with Crippen LogP contribution in [0.1, 0.15) is 24.9 Å². The van der Waals surface area contributed by atoms with Gasteiger partial charge in [0.15, 0.2) is 0 Å². The molecule has 0 aliphatic rings. The molecule has 0 radical (unpaired) electrons. The van der Waals surface area contributed by atoms with E-state index >= 15 is 0 Å². The molecule has 2 N–H and O–H groups in total. The third-order valence-corrected chi connectivity index (χ3v) is 4.28. The maximum atomic E-state index is 12.4. The first-order valence-electron chi connectivity index (χ1n) is 7.98. The van der Waals surface area contributed by atoms with E-state index in [1.165, 1.54) is 0 Å². The Kier molecular flexibility index (Phi) is 5.02. The van der Waals surface area contributed by atoms with E-state index < -0.39 is 0 Å². The second kappa shape index (κ2) is 7.37. The van der Waals surface area contributed by atoms with Crippen LogP contribution in [0.15, 0.2) is 66.7 Å². The number of hydrogen-bond acceptors (Lipinski definition) is 1. The van der Waals surface area contributed by atoms with Gasteiger partial charge in [0.2, 0.25) is 0 Å². The zero-order valence-corrected chi connectivity index (χ0v) is 14.2. The van der Waals surface area contributed by atoms with Crippen LogP contribution in [0, 0.1) is 0 Å². The highest BCUT2D eigenvalue weighted by atomic mass is 35.5. The number of halogens is 1. The van der Waals surface area contributed by atoms with Crippen molar-refractivity contribution in [2.24, 2.45) is 0 Å². The van der Waals surface area contributed by atoms with Crippen LogP contribution in [-0.4, -0.2) is 6.03 Å². The molecule has 0 heterocycles. The number of carbonyl (C=O) groups excluding carboxylic acids is 1. The van der Waals surface area contributed by atoms with Gasteiger partial charge in [-0.05, 0) is 35.6 Å². The molecule has 0 aromatic heterocycles. The van der Waals surface area contributed by atoms with Crippen LogP contribution >= 0.6 is 11.6 Å². The van der Waals surface area contributed by atoms with Crippen molar-refractivity contribution in [1.82, 2.24) is 5.32 Å². The van der Waals surface area contributed by atoms with Crippen molar-refractivity contribution in [3.63, 3.8) is 0 Å². The van der Waals surface area contributed by atoms with Crippen LogP contribution in [0.4, 0.5) is 10.5 Å². The zero-order chi connectivity index (χ0) is 16.9. The van der Waals surface area contributed by atoms with E-state index in [9.17, 15) is 4.79 Å². The second-order valence-electron chi connectivity index (χ2n) is 5.64. The predicted octanol–water partition coefficient (Wildman–Crippen LogP) is 5.77. The highest BCUT2D eigenvalue weighted by molar-refractivity contribution is 6.30. The van der Waals surface area contributed by atoms with Crippen LogP contribution in [-0.2, 0) is 0 Å². The molecular weight excluding hydrogens is 320 g/mol. The van der Waals surface area contributed by atoms with Crippen LogP contribution < -0.4 is 10.6 Å². The number of hydrogen-bond donors (Lipinski definition) is 2. The molecule has 0 spiro atoms. The van der Waals surface area contributed by atoms with E-state index in [2.05, 4.69) is 10.6 Å². The SMILES string of the molecule is CCC(NC(=O)Nc1cccc2ccccc12)c1ccc(Cl)cc1. The van der Waals surface area contributed by atoms with Gasteiger partial charge in [0.05, 0.1) is 11.7 Å². The van der Waals surface area contributed by atoms with Crippen LogP contribution in [0.2, 0.25) is 5.02 Å². The van der Waals surface area contributed by atoms with Crippen molar-refractivity contribution < 1.29 is 4.79 Å². The first kappa shape index (κ1) is 16.3. The fourth-order valence-corrected chi connectivity index (χ4v) is 2.89. The van der Waals surface area contributed by atoms with Gasteiger partial charge in [-0.2, -0.15) is 0 Å². The van der Waals surface area contributed by atoms with Crippen LogP contribution in [0.3, 0.4) is 0 Å². The largest absolute Gasteiger partial charge is 0.331 e. The molecule has 3 nitrogen and oxygen atoms in total. The number of nitrogens with one attached hydrogen (secondary N) is 2. The Morgan fingerprint density at radius 1 is 1.00 bits per heavy atom. The summed E-state index contributed by atoms with van der Waals surface area (Å²) in [5, 5.41) is 8.79. The summed E-state index contributed by atoms with van der Waals surface area (Å²) in [6.07, 6.45) is 0.796. The predicted molar refractivity (Wildman–Crippen MR) is 101 cm³/mol. The number of rotatable bonds is 4. The first-order valence-corrected chi connectivity index (χ1v) is 8.36. The summed E-state index contributed by atoms with van der Waals surface area (Å²) >= 11 is 5.93. The number of urea groups is 1. The molecule has 0 saturated carbocycles. The number of amides is 2. The third-order valence-electron chi connectivity index (χ3n) is 4.02. The Morgan fingerprint density at radius 3 is 2.46 bits per heavy atom. The molecule has 1 atom stereocenters. The number of anilines is 1. The molecule has 0 aliphatic carbocycles. The van der Waals surface area contributed by atoms with Gasteiger partial charge in [-0.1, -0.05) is 67.1 Å². The molecule has 3 aromatic rings. The lowest BCUT2D eigenvalue weighted by Gasteiger charge is -2.18. The normalized spacial score (nSPS) is 11.9. The standard InChI is InChI=1S/C20H19ClN2O/c1-2-18(15-10-12-16(21)13-11-15)22-20(24)23-19-9-5-7-14-6-3-4-8-17(14)19/h3-13,18H,2H2,1H3,(H2,22,23,24). The minimum atomic E-state index is -0.215. The summed E-state index contributed by atoms with van der Waals surface area (Å²) in [6.45, 7) is 2.04. The summed E-state index contributed by atoms with van der Waals surface area (Å²) in [5.41, 5.74) is 1.84. The third kappa shape index (κ3) is 3.69. The van der Waals surface area contributed by atoms with E-state index in [1.54, 1.807) is 0 Å². The Bertz CT molecular complexity index is 840. The van der Waals surface area contributed by atoms with Gasteiger partial charge in [-0.25, -0.2) is 4.79 Å². The van der Waals surface area contributed by atoms with Gasteiger partial charge >= 0.3 is 6.03 Å². The molecule has 24 heavy (non-hydrogen) atoms. The molecule has 3 aromatic carbocycles. The van der Waals surface area contributed by atoms with Crippen molar-refractivity contribution in [2.75, 3.05) is 5.32 Å². The monoisotopic (exact) mass is 338 g/mol. The maximum absolute atomic E-state index is 12.4. The highest BCUT2D eigenvalue weighted by Crippen LogP contribution is 2.24. The second-order valence-corrected chi connectivity index (χ2v) is 6.07. The molecule has 122 valence electrons. The number of fused-ring (bicyclic) bond motifs is 1. The van der Waals surface area contributed by atoms with E-state index in [0.29, 0.717) is 5.02 Å². The van der Waals surface area contributed by atoms with Gasteiger partial charge in [-0.3, -0.25) is 0 Å².